The van der Waals surface area contributed by atoms with Gasteiger partial charge in [-0.15, -0.1) is 0 Å². The van der Waals surface area contributed by atoms with Gasteiger partial charge in [0.2, 0.25) is 12.3 Å². The Morgan fingerprint density at radius 1 is 1.00 bits per heavy atom. The maximum Gasteiger partial charge on any atom is 0.274 e. The summed E-state index contributed by atoms with van der Waals surface area (Å²) < 4.78 is 0. The maximum absolute atomic E-state index is 12.7. The van der Waals surface area contributed by atoms with Crippen LogP contribution in [-0.2, 0) is 9.59 Å². The summed E-state index contributed by atoms with van der Waals surface area (Å²) in [4.78, 5) is 54.5. The zero-order chi connectivity index (χ0) is 20.8. The second kappa shape index (κ2) is 8.96. The standard InChI is InChI=1S/C20H21N5O4/c1-14(27)22-16-3-2-4-17(12-16)23-19(28)18-11-15(5-6-21-18)20(29)25-9-7-24(13-26)8-10-25/h2-6,11-13H,7-10H2,1H3,(H,22,27)(H,23,28). The number of rotatable bonds is 5. The van der Waals surface area contributed by atoms with Crippen molar-refractivity contribution in [2.24, 2.45) is 0 Å². The third kappa shape index (κ3) is 5.16. The van der Waals surface area contributed by atoms with Crippen LogP contribution in [0.4, 0.5) is 11.4 Å². The van der Waals surface area contributed by atoms with Crippen LogP contribution in [0.5, 0.6) is 0 Å². The molecule has 150 valence electrons. The summed E-state index contributed by atoms with van der Waals surface area (Å²) in [5.74, 6) is -0.889. The van der Waals surface area contributed by atoms with Gasteiger partial charge in [-0.1, -0.05) is 6.07 Å². The molecule has 0 atom stereocenters. The first-order valence-corrected chi connectivity index (χ1v) is 9.10. The molecule has 1 aromatic heterocycles. The number of hydrogen-bond acceptors (Lipinski definition) is 5. The number of piperazine rings is 1. The molecule has 4 amide bonds. The summed E-state index contributed by atoms with van der Waals surface area (Å²) in [5.41, 5.74) is 1.51. The molecule has 0 bridgehead atoms. The van der Waals surface area contributed by atoms with Crippen LogP contribution in [0.15, 0.2) is 42.6 Å². The van der Waals surface area contributed by atoms with Crippen molar-refractivity contribution in [3.8, 4) is 0 Å². The van der Waals surface area contributed by atoms with E-state index in [2.05, 4.69) is 15.6 Å². The van der Waals surface area contributed by atoms with E-state index in [1.807, 2.05) is 0 Å². The molecule has 3 rings (SSSR count). The van der Waals surface area contributed by atoms with E-state index in [-0.39, 0.29) is 17.5 Å². The summed E-state index contributed by atoms with van der Waals surface area (Å²) in [6.45, 7) is 3.25. The Hall–Kier alpha value is -3.75. The summed E-state index contributed by atoms with van der Waals surface area (Å²) in [6.07, 6.45) is 2.19. The first kappa shape index (κ1) is 20.0. The molecule has 2 aromatic rings. The fourth-order valence-electron chi connectivity index (χ4n) is 2.97. The molecule has 29 heavy (non-hydrogen) atoms. The van der Waals surface area contributed by atoms with Crippen LogP contribution >= 0.6 is 0 Å². The second-order valence-corrected chi connectivity index (χ2v) is 6.58. The van der Waals surface area contributed by atoms with Crippen molar-refractivity contribution in [2.75, 3.05) is 36.8 Å². The van der Waals surface area contributed by atoms with Crippen LogP contribution in [0.2, 0.25) is 0 Å². The van der Waals surface area contributed by atoms with Crippen molar-refractivity contribution in [2.45, 2.75) is 6.92 Å². The number of carbonyl (C=O) groups excluding carboxylic acids is 4. The summed E-state index contributed by atoms with van der Waals surface area (Å²) >= 11 is 0. The molecule has 9 heteroatoms. The minimum absolute atomic E-state index is 0.104. The van der Waals surface area contributed by atoms with Crippen molar-refractivity contribution in [3.05, 3.63) is 53.9 Å². The maximum atomic E-state index is 12.7. The van der Waals surface area contributed by atoms with Crippen LogP contribution in [0, 0.1) is 0 Å². The van der Waals surface area contributed by atoms with Gasteiger partial charge in [0.25, 0.3) is 11.8 Å². The molecule has 2 N–H and O–H groups in total. The monoisotopic (exact) mass is 395 g/mol. The molecule has 1 aromatic carbocycles. The number of carbonyl (C=O) groups is 4. The van der Waals surface area contributed by atoms with E-state index in [4.69, 9.17) is 0 Å². The lowest BCUT2D eigenvalue weighted by atomic mass is 10.1. The van der Waals surface area contributed by atoms with E-state index in [0.717, 1.165) is 6.41 Å². The Kier molecular flexibility index (Phi) is 6.18. The molecule has 2 heterocycles. The highest BCUT2D eigenvalue weighted by Gasteiger charge is 2.22. The fraction of sp³-hybridized carbons (Fsp3) is 0.250. The van der Waals surface area contributed by atoms with E-state index in [1.165, 1.54) is 19.2 Å². The van der Waals surface area contributed by atoms with Crippen molar-refractivity contribution < 1.29 is 19.2 Å². The Morgan fingerprint density at radius 3 is 2.34 bits per heavy atom. The Balaban J connectivity index is 1.69. The van der Waals surface area contributed by atoms with Crippen LogP contribution < -0.4 is 10.6 Å². The summed E-state index contributed by atoms with van der Waals surface area (Å²) in [5, 5.41) is 5.35. The van der Waals surface area contributed by atoms with Gasteiger partial charge in [0, 0.05) is 56.2 Å². The number of anilines is 2. The third-order valence-electron chi connectivity index (χ3n) is 4.43. The van der Waals surface area contributed by atoms with E-state index >= 15 is 0 Å². The average Bonchev–Trinajstić information content (AvgIpc) is 2.73. The van der Waals surface area contributed by atoms with Crippen LogP contribution in [0.3, 0.4) is 0 Å². The number of nitrogens with one attached hydrogen (secondary N) is 2. The molecule has 1 aliphatic rings. The molecule has 9 nitrogen and oxygen atoms in total. The van der Waals surface area contributed by atoms with E-state index in [9.17, 15) is 19.2 Å². The molecule has 0 unspecified atom stereocenters. The Labute approximate surface area is 167 Å². The van der Waals surface area contributed by atoms with Gasteiger partial charge >= 0.3 is 0 Å². The zero-order valence-corrected chi connectivity index (χ0v) is 15.9. The molecule has 0 spiro atoms. The Bertz CT molecular complexity index is 938. The van der Waals surface area contributed by atoms with Crippen LogP contribution in [0.25, 0.3) is 0 Å². The van der Waals surface area contributed by atoms with Crippen molar-refractivity contribution in [3.63, 3.8) is 0 Å². The van der Waals surface area contributed by atoms with E-state index < -0.39 is 5.91 Å². The van der Waals surface area contributed by atoms with Gasteiger partial charge in [-0.25, -0.2) is 0 Å². The SMILES string of the molecule is CC(=O)Nc1cccc(NC(=O)c2cc(C(=O)N3CCN(C=O)CC3)ccn2)c1. The van der Waals surface area contributed by atoms with Gasteiger partial charge in [-0.2, -0.15) is 0 Å². The normalized spacial score (nSPS) is 13.6. The molecular weight excluding hydrogens is 374 g/mol. The first-order valence-electron chi connectivity index (χ1n) is 9.10. The number of pyridine rings is 1. The lowest BCUT2D eigenvalue weighted by Gasteiger charge is -2.32. The largest absolute Gasteiger partial charge is 0.342 e. The summed E-state index contributed by atoms with van der Waals surface area (Å²) in [6, 6.07) is 9.72. The van der Waals surface area contributed by atoms with Gasteiger partial charge in [-0.05, 0) is 30.3 Å². The molecule has 0 radical (unpaired) electrons. The first-order chi connectivity index (χ1) is 14.0. The van der Waals surface area contributed by atoms with Gasteiger partial charge in [0.1, 0.15) is 5.69 Å². The fourth-order valence-corrected chi connectivity index (χ4v) is 2.97. The highest BCUT2D eigenvalue weighted by Crippen LogP contribution is 2.16. The van der Waals surface area contributed by atoms with Gasteiger partial charge in [0.05, 0.1) is 0 Å². The topological polar surface area (TPSA) is 112 Å². The Morgan fingerprint density at radius 2 is 1.69 bits per heavy atom. The van der Waals surface area contributed by atoms with Crippen molar-refractivity contribution in [1.29, 1.82) is 0 Å². The van der Waals surface area contributed by atoms with Crippen molar-refractivity contribution in [1.82, 2.24) is 14.8 Å². The van der Waals surface area contributed by atoms with Gasteiger partial charge < -0.3 is 20.4 Å². The van der Waals surface area contributed by atoms with E-state index in [0.29, 0.717) is 43.1 Å². The predicted molar refractivity (Wildman–Crippen MR) is 106 cm³/mol. The quantitative estimate of drug-likeness (QED) is 0.739. The van der Waals surface area contributed by atoms with Crippen LogP contribution in [-0.4, -0.2) is 65.1 Å². The number of benzene rings is 1. The number of aromatic nitrogens is 1. The average molecular weight is 395 g/mol. The minimum Gasteiger partial charge on any atom is -0.342 e. The minimum atomic E-state index is -0.467. The number of hydrogen-bond donors (Lipinski definition) is 2. The molecule has 1 fully saturated rings. The van der Waals surface area contributed by atoms with Gasteiger partial charge in [-0.3, -0.25) is 24.2 Å². The molecule has 0 saturated carbocycles. The summed E-state index contributed by atoms with van der Waals surface area (Å²) in [7, 11) is 0. The number of amides is 4. The highest BCUT2D eigenvalue weighted by atomic mass is 16.2. The lowest BCUT2D eigenvalue weighted by Crippen LogP contribution is -2.48. The smallest absolute Gasteiger partial charge is 0.274 e. The second-order valence-electron chi connectivity index (χ2n) is 6.58. The van der Waals surface area contributed by atoms with E-state index in [1.54, 1.807) is 40.1 Å². The molecule has 1 saturated heterocycles. The van der Waals surface area contributed by atoms with Crippen molar-refractivity contribution >= 4 is 35.5 Å². The lowest BCUT2D eigenvalue weighted by molar-refractivity contribution is -0.119. The molecule has 1 aliphatic heterocycles. The third-order valence-corrected chi connectivity index (χ3v) is 4.43. The predicted octanol–water partition coefficient (Wildman–Crippen LogP) is 1.21. The highest BCUT2D eigenvalue weighted by molar-refractivity contribution is 6.05. The van der Waals surface area contributed by atoms with Gasteiger partial charge in [0.15, 0.2) is 0 Å². The van der Waals surface area contributed by atoms with Crippen LogP contribution in [0.1, 0.15) is 27.8 Å². The zero-order valence-electron chi connectivity index (χ0n) is 15.9. The molecular formula is C20H21N5O4. The molecule has 0 aliphatic carbocycles. The number of nitrogens with zero attached hydrogens (tertiary/aromatic N) is 3.